The molecule has 1 amide bonds. The second-order valence-corrected chi connectivity index (χ2v) is 6.99. The molecule has 0 bridgehead atoms. The maximum absolute atomic E-state index is 12.7. The smallest absolute Gasteiger partial charge is 0.244 e. The molecule has 0 spiro atoms. The van der Waals surface area contributed by atoms with Crippen LogP contribution in [-0.2, 0) is 4.79 Å². The molecule has 0 saturated carbocycles. The normalized spacial score (nSPS) is 27.6. The zero-order valence-corrected chi connectivity index (χ0v) is 14.0. The molecule has 3 atom stereocenters. The first kappa shape index (κ1) is 16.1. The van der Waals surface area contributed by atoms with Crippen molar-refractivity contribution in [3.05, 3.63) is 28.2 Å². The number of hydrogen-bond donors (Lipinski definition) is 1. The van der Waals surface area contributed by atoms with Gasteiger partial charge in [0, 0.05) is 18.8 Å². The summed E-state index contributed by atoms with van der Waals surface area (Å²) in [7, 11) is 0. The van der Waals surface area contributed by atoms with Crippen LogP contribution in [-0.4, -0.2) is 47.7 Å². The largest absolute Gasteiger partial charge is 0.393 e. The van der Waals surface area contributed by atoms with E-state index in [1.807, 2.05) is 13.0 Å². The summed E-state index contributed by atoms with van der Waals surface area (Å²) in [5, 5.41) is 10.7. The van der Waals surface area contributed by atoms with Crippen molar-refractivity contribution in [1.82, 2.24) is 4.90 Å². The standard InChI is InChI=1S/C16H20Cl2N2O2/c1-10(21)11-4-6-19(9-11)15-5-7-20(16(15)22)12-2-3-13(17)14(18)8-12/h2-3,8,10-11,15,21H,4-7,9H2,1H3. The van der Waals surface area contributed by atoms with Gasteiger partial charge in [0.1, 0.15) is 0 Å². The topological polar surface area (TPSA) is 43.8 Å². The third kappa shape index (κ3) is 2.98. The molecule has 2 heterocycles. The molecule has 4 nitrogen and oxygen atoms in total. The van der Waals surface area contributed by atoms with Gasteiger partial charge in [-0.25, -0.2) is 0 Å². The fourth-order valence-electron chi connectivity index (χ4n) is 3.41. The van der Waals surface area contributed by atoms with E-state index < -0.39 is 0 Å². The van der Waals surface area contributed by atoms with Crippen molar-refractivity contribution in [3.63, 3.8) is 0 Å². The molecule has 3 rings (SSSR count). The van der Waals surface area contributed by atoms with E-state index in [-0.39, 0.29) is 24.0 Å². The van der Waals surface area contributed by atoms with Crippen LogP contribution in [0.25, 0.3) is 0 Å². The van der Waals surface area contributed by atoms with Crippen LogP contribution in [0.2, 0.25) is 10.0 Å². The molecular weight excluding hydrogens is 323 g/mol. The van der Waals surface area contributed by atoms with E-state index in [0.717, 1.165) is 31.6 Å². The van der Waals surface area contributed by atoms with Gasteiger partial charge in [-0.1, -0.05) is 23.2 Å². The summed E-state index contributed by atoms with van der Waals surface area (Å²) in [6.07, 6.45) is 1.45. The van der Waals surface area contributed by atoms with Crippen molar-refractivity contribution in [1.29, 1.82) is 0 Å². The first-order valence-corrected chi connectivity index (χ1v) is 8.41. The second kappa shape index (κ2) is 6.36. The summed E-state index contributed by atoms with van der Waals surface area (Å²) in [5.41, 5.74) is 0.799. The van der Waals surface area contributed by atoms with Crippen molar-refractivity contribution in [2.45, 2.75) is 31.9 Å². The Labute approximate surface area is 140 Å². The highest BCUT2D eigenvalue weighted by Gasteiger charge is 2.40. The van der Waals surface area contributed by atoms with E-state index in [4.69, 9.17) is 23.2 Å². The number of rotatable bonds is 3. The summed E-state index contributed by atoms with van der Waals surface area (Å²) in [4.78, 5) is 16.7. The van der Waals surface area contributed by atoms with Crippen molar-refractivity contribution < 1.29 is 9.90 Å². The fraction of sp³-hybridized carbons (Fsp3) is 0.562. The van der Waals surface area contributed by atoms with Crippen molar-refractivity contribution in [3.8, 4) is 0 Å². The predicted molar refractivity (Wildman–Crippen MR) is 88.6 cm³/mol. The molecule has 22 heavy (non-hydrogen) atoms. The van der Waals surface area contributed by atoms with Crippen LogP contribution >= 0.6 is 23.2 Å². The number of aliphatic hydroxyl groups is 1. The highest BCUT2D eigenvalue weighted by atomic mass is 35.5. The number of anilines is 1. The lowest BCUT2D eigenvalue weighted by Gasteiger charge is -2.24. The zero-order valence-electron chi connectivity index (χ0n) is 12.5. The van der Waals surface area contributed by atoms with Gasteiger partial charge in [0.05, 0.1) is 22.2 Å². The molecule has 6 heteroatoms. The SMILES string of the molecule is CC(O)C1CCN(C2CCN(c3ccc(Cl)c(Cl)c3)C2=O)C1. The molecule has 120 valence electrons. The van der Waals surface area contributed by atoms with Crippen LogP contribution in [0, 0.1) is 5.92 Å². The molecule has 1 aromatic carbocycles. The van der Waals surface area contributed by atoms with Crippen LogP contribution in [0.4, 0.5) is 5.69 Å². The average molecular weight is 343 g/mol. The maximum Gasteiger partial charge on any atom is 0.244 e. The van der Waals surface area contributed by atoms with Gasteiger partial charge in [0.15, 0.2) is 0 Å². The highest BCUT2D eigenvalue weighted by molar-refractivity contribution is 6.42. The molecule has 2 aliphatic heterocycles. The number of hydrogen-bond acceptors (Lipinski definition) is 3. The molecule has 0 aromatic heterocycles. The number of carbonyl (C=O) groups is 1. The molecular formula is C16H20Cl2N2O2. The lowest BCUT2D eigenvalue weighted by Crippen LogP contribution is -2.41. The minimum atomic E-state index is -0.312. The van der Waals surface area contributed by atoms with Crippen LogP contribution in [0.5, 0.6) is 0 Å². The maximum atomic E-state index is 12.7. The number of amides is 1. The van der Waals surface area contributed by atoms with E-state index in [9.17, 15) is 9.90 Å². The summed E-state index contributed by atoms with van der Waals surface area (Å²) in [5.74, 6) is 0.386. The first-order valence-electron chi connectivity index (χ1n) is 7.66. The van der Waals surface area contributed by atoms with Crippen LogP contribution < -0.4 is 4.90 Å². The lowest BCUT2D eigenvalue weighted by atomic mass is 10.0. The Morgan fingerprint density at radius 3 is 2.64 bits per heavy atom. The Morgan fingerprint density at radius 1 is 1.23 bits per heavy atom. The van der Waals surface area contributed by atoms with E-state index in [1.165, 1.54) is 0 Å². The zero-order chi connectivity index (χ0) is 15.9. The lowest BCUT2D eigenvalue weighted by molar-refractivity contribution is -0.121. The van der Waals surface area contributed by atoms with Crippen molar-refractivity contribution in [2.75, 3.05) is 24.5 Å². The van der Waals surface area contributed by atoms with Gasteiger partial charge in [0.2, 0.25) is 5.91 Å². The van der Waals surface area contributed by atoms with E-state index in [0.29, 0.717) is 16.6 Å². The Hall–Kier alpha value is -0.810. The van der Waals surface area contributed by atoms with E-state index in [1.54, 1.807) is 17.0 Å². The van der Waals surface area contributed by atoms with Gasteiger partial charge in [-0.15, -0.1) is 0 Å². The first-order chi connectivity index (χ1) is 10.5. The van der Waals surface area contributed by atoms with Crippen molar-refractivity contribution in [2.24, 2.45) is 5.92 Å². The van der Waals surface area contributed by atoms with Crippen LogP contribution in [0.3, 0.4) is 0 Å². The molecule has 2 aliphatic rings. The Kier molecular flexibility index (Phi) is 4.64. The van der Waals surface area contributed by atoms with Gasteiger partial charge in [0.25, 0.3) is 0 Å². The Morgan fingerprint density at radius 2 is 2.00 bits per heavy atom. The number of aliphatic hydroxyl groups excluding tert-OH is 1. The van der Waals surface area contributed by atoms with Gasteiger partial charge in [-0.05, 0) is 50.4 Å². The molecule has 0 aliphatic carbocycles. The van der Waals surface area contributed by atoms with Crippen molar-refractivity contribution >= 4 is 34.8 Å². The minimum absolute atomic E-state index is 0.0850. The summed E-state index contributed by atoms with van der Waals surface area (Å²) in [6.45, 7) is 4.19. The van der Waals surface area contributed by atoms with Gasteiger partial charge >= 0.3 is 0 Å². The van der Waals surface area contributed by atoms with E-state index >= 15 is 0 Å². The molecule has 3 unspecified atom stereocenters. The Balaban J connectivity index is 1.71. The highest BCUT2D eigenvalue weighted by Crippen LogP contribution is 2.32. The molecule has 2 fully saturated rings. The van der Waals surface area contributed by atoms with Crippen LogP contribution in [0.1, 0.15) is 19.8 Å². The number of nitrogens with zero attached hydrogens (tertiary/aromatic N) is 2. The third-order valence-electron chi connectivity index (χ3n) is 4.77. The summed E-state index contributed by atoms with van der Waals surface area (Å²) in [6, 6.07) is 5.21. The van der Waals surface area contributed by atoms with E-state index in [2.05, 4.69) is 4.90 Å². The molecule has 1 aromatic rings. The summed E-state index contributed by atoms with van der Waals surface area (Å²) < 4.78 is 0. The second-order valence-electron chi connectivity index (χ2n) is 6.18. The number of benzene rings is 1. The Bertz CT molecular complexity index is 579. The number of carbonyl (C=O) groups excluding carboxylic acids is 1. The quantitative estimate of drug-likeness (QED) is 0.918. The molecule has 2 saturated heterocycles. The number of likely N-dealkylation sites (tertiary alicyclic amines) is 1. The monoisotopic (exact) mass is 342 g/mol. The molecule has 0 radical (unpaired) electrons. The minimum Gasteiger partial charge on any atom is -0.393 e. The van der Waals surface area contributed by atoms with Gasteiger partial charge in [-0.3, -0.25) is 9.69 Å². The predicted octanol–water partition coefficient (Wildman–Crippen LogP) is 2.80. The molecule has 1 N–H and O–H groups in total. The average Bonchev–Trinajstić information content (AvgIpc) is 3.08. The fourth-order valence-corrected chi connectivity index (χ4v) is 3.70. The number of halogens is 2. The summed E-state index contributed by atoms with van der Waals surface area (Å²) >= 11 is 12.0. The van der Waals surface area contributed by atoms with Crippen LogP contribution in [0.15, 0.2) is 18.2 Å². The van der Waals surface area contributed by atoms with Gasteiger partial charge < -0.3 is 10.0 Å². The van der Waals surface area contributed by atoms with Gasteiger partial charge in [-0.2, -0.15) is 0 Å². The third-order valence-corrected chi connectivity index (χ3v) is 5.51.